The molecule has 30 heavy (non-hydrogen) atoms. The van der Waals surface area contributed by atoms with Gasteiger partial charge in [-0.25, -0.2) is 9.59 Å². The topological polar surface area (TPSA) is 84.2 Å². The van der Waals surface area contributed by atoms with Crippen molar-refractivity contribution in [2.24, 2.45) is 0 Å². The predicted molar refractivity (Wildman–Crippen MR) is 109 cm³/mol. The fraction of sp³-hybridized carbons (Fsp3) is 0.304. The van der Waals surface area contributed by atoms with Crippen molar-refractivity contribution in [3.63, 3.8) is 0 Å². The molecule has 2 aromatic carbocycles. The normalized spacial score (nSPS) is 15.8. The highest BCUT2D eigenvalue weighted by atomic mass is 16.5. The van der Waals surface area contributed by atoms with Gasteiger partial charge in [0.05, 0.1) is 18.8 Å². The number of rotatable bonds is 7. The maximum atomic E-state index is 12.4. The highest BCUT2D eigenvalue weighted by Gasteiger charge is 2.16. The lowest BCUT2D eigenvalue weighted by Gasteiger charge is -2.12. The minimum atomic E-state index is -0.519. The largest absolute Gasteiger partial charge is 0.497 e. The van der Waals surface area contributed by atoms with E-state index in [-0.39, 0.29) is 12.7 Å². The lowest BCUT2D eigenvalue weighted by Crippen LogP contribution is -2.16. The Bertz CT molecular complexity index is 1080. The van der Waals surface area contributed by atoms with Crippen LogP contribution < -0.4 is 15.1 Å². The lowest BCUT2D eigenvalue weighted by molar-refractivity contribution is 0.0473. The Kier molecular flexibility index (Phi) is 5.99. The Morgan fingerprint density at radius 1 is 1.10 bits per heavy atom. The fourth-order valence-corrected chi connectivity index (χ4v) is 3.34. The second-order valence-corrected chi connectivity index (χ2v) is 7.00. The van der Waals surface area contributed by atoms with E-state index in [0.29, 0.717) is 40.2 Å². The van der Waals surface area contributed by atoms with Gasteiger partial charge in [-0.15, -0.1) is 0 Å². The van der Waals surface area contributed by atoms with Crippen LogP contribution >= 0.6 is 0 Å². The van der Waals surface area contributed by atoms with Crippen molar-refractivity contribution in [3.05, 3.63) is 70.1 Å². The minimum absolute atomic E-state index is 0.0511. The zero-order valence-corrected chi connectivity index (χ0v) is 16.6. The monoisotopic (exact) mass is 410 g/mol. The van der Waals surface area contributed by atoms with E-state index in [1.807, 2.05) is 0 Å². The molecule has 156 valence electrons. The molecule has 1 aliphatic rings. The van der Waals surface area contributed by atoms with Crippen molar-refractivity contribution < 1.29 is 28.2 Å². The SMILES string of the molecule is COc1ccc2c(COC(=O)c3ccc(OCC4CCCO4)cc3)cc(=O)oc2c1. The van der Waals surface area contributed by atoms with Crippen LogP contribution in [0.4, 0.5) is 0 Å². The van der Waals surface area contributed by atoms with E-state index < -0.39 is 11.6 Å². The van der Waals surface area contributed by atoms with Crippen LogP contribution in [0.3, 0.4) is 0 Å². The summed E-state index contributed by atoms with van der Waals surface area (Å²) in [5, 5.41) is 0.682. The van der Waals surface area contributed by atoms with Crippen LogP contribution in [0.25, 0.3) is 11.0 Å². The summed E-state index contributed by atoms with van der Waals surface area (Å²) in [7, 11) is 1.53. The molecule has 7 heteroatoms. The van der Waals surface area contributed by atoms with Crippen LogP contribution in [0, 0.1) is 0 Å². The van der Waals surface area contributed by atoms with Gasteiger partial charge < -0.3 is 23.4 Å². The van der Waals surface area contributed by atoms with Crippen LogP contribution in [0.15, 0.2) is 57.7 Å². The molecule has 7 nitrogen and oxygen atoms in total. The third kappa shape index (κ3) is 4.63. The number of ether oxygens (including phenoxy) is 4. The summed E-state index contributed by atoms with van der Waals surface area (Å²) in [5.41, 5.74) is 0.817. The fourth-order valence-electron chi connectivity index (χ4n) is 3.34. The van der Waals surface area contributed by atoms with Gasteiger partial charge in [0.1, 0.15) is 30.3 Å². The van der Waals surface area contributed by atoms with E-state index in [4.69, 9.17) is 23.4 Å². The maximum Gasteiger partial charge on any atom is 0.338 e. The second-order valence-electron chi connectivity index (χ2n) is 7.00. The average molecular weight is 410 g/mol. The first-order valence-corrected chi connectivity index (χ1v) is 9.75. The van der Waals surface area contributed by atoms with Gasteiger partial charge in [-0.05, 0) is 49.2 Å². The molecule has 0 spiro atoms. The Labute approximate surface area is 173 Å². The maximum absolute atomic E-state index is 12.4. The zero-order valence-electron chi connectivity index (χ0n) is 16.6. The second kappa shape index (κ2) is 9.00. The summed E-state index contributed by atoms with van der Waals surface area (Å²) in [4.78, 5) is 24.3. The van der Waals surface area contributed by atoms with Gasteiger partial charge in [-0.2, -0.15) is 0 Å². The standard InChI is InChI=1S/C23H22O7/c1-26-18-8-9-20-16(11-22(24)30-21(20)12-18)13-29-23(25)15-4-6-17(7-5-15)28-14-19-3-2-10-27-19/h4-9,11-12,19H,2-3,10,13-14H2,1H3. The van der Waals surface area contributed by atoms with E-state index in [1.54, 1.807) is 42.5 Å². The summed E-state index contributed by atoms with van der Waals surface area (Å²) in [6, 6.07) is 13.2. The van der Waals surface area contributed by atoms with Crippen LogP contribution in [0.5, 0.6) is 11.5 Å². The smallest absolute Gasteiger partial charge is 0.338 e. The van der Waals surface area contributed by atoms with Crippen molar-refractivity contribution >= 4 is 16.9 Å². The van der Waals surface area contributed by atoms with Crippen molar-refractivity contribution in [3.8, 4) is 11.5 Å². The van der Waals surface area contributed by atoms with Crippen LogP contribution in [0.1, 0.15) is 28.8 Å². The van der Waals surface area contributed by atoms with Crippen molar-refractivity contribution in [1.29, 1.82) is 0 Å². The molecule has 0 amide bonds. The lowest BCUT2D eigenvalue weighted by atomic mass is 10.1. The molecule has 4 rings (SSSR count). The summed E-state index contributed by atoms with van der Waals surface area (Å²) in [6.45, 7) is 1.23. The molecule has 3 aromatic rings. The Morgan fingerprint density at radius 2 is 1.90 bits per heavy atom. The molecule has 1 aromatic heterocycles. The number of hydrogen-bond donors (Lipinski definition) is 0. The number of carbonyl (C=O) groups excluding carboxylic acids is 1. The molecule has 0 aliphatic carbocycles. The molecule has 1 fully saturated rings. The van der Waals surface area contributed by atoms with Gasteiger partial charge in [0.25, 0.3) is 0 Å². The van der Waals surface area contributed by atoms with Crippen LogP contribution in [-0.4, -0.2) is 32.4 Å². The zero-order chi connectivity index (χ0) is 20.9. The third-order valence-corrected chi connectivity index (χ3v) is 4.95. The Morgan fingerprint density at radius 3 is 2.63 bits per heavy atom. The molecular formula is C23H22O7. The third-order valence-electron chi connectivity index (χ3n) is 4.95. The number of hydrogen-bond acceptors (Lipinski definition) is 7. The number of methoxy groups -OCH3 is 1. The van der Waals surface area contributed by atoms with E-state index in [1.165, 1.54) is 13.2 Å². The van der Waals surface area contributed by atoms with E-state index in [9.17, 15) is 9.59 Å². The van der Waals surface area contributed by atoms with Gasteiger partial charge in [0.2, 0.25) is 0 Å². The summed E-state index contributed by atoms with van der Waals surface area (Å²) < 4.78 is 27.0. The predicted octanol–water partition coefficient (Wildman–Crippen LogP) is 3.72. The number of fused-ring (bicyclic) bond motifs is 1. The first kappa shape index (κ1) is 20.0. The van der Waals surface area contributed by atoms with Crippen molar-refractivity contribution in [2.45, 2.75) is 25.6 Å². The molecule has 0 saturated carbocycles. The van der Waals surface area contributed by atoms with E-state index in [2.05, 4.69) is 0 Å². The minimum Gasteiger partial charge on any atom is -0.497 e. The number of carbonyl (C=O) groups is 1. The quantitative estimate of drug-likeness (QED) is 0.434. The molecule has 2 heterocycles. The molecule has 0 bridgehead atoms. The van der Waals surface area contributed by atoms with E-state index >= 15 is 0 Å². The Balaban J connectivity index is 1.40. The molecule has 0 N–H and O–H groups in total. The van der Waals surface area contributed by atoms with Crippen molar-refractivity contribution in [1.82, 2.24) is 0 Å². The Hall–Kier alpha value is -3.32. The molecule has 1 aliphatic heterocycles. The molecule has 1 saturated heterocycles. The summed E-state index contributed by atoms with van der Waals surface area (Å²) in [5.74, 6) is 0.750. The van der Waals surface area contributed by atoms with E-state index in [0.717, 1.165) is 19.4 Å². The first-order valence-electron chi connectivity index (χ1n) is 9.75. The molecular weight excluding hydrogens is 388 g/mol. The highest BCUT2D eigenvalue weighted by molar-refractivity contribution is 5.90. The van der Waals surface area contributed by atoms with Gasteiger partial charge in [-0.3, -0.25) is 0 Å². The van der Waals surface area contributed by atoms with Gasteiger partial charge in [-0.1, -0.05) is 0 Å². The number of benzene rings is 2. The first-order chi connectivity index (χ1) is 14.6. The van der Waals surface area contributed by atoms with Crippen LogP contribution in [0.2, 0.25) is 0 Å². The van der Waals surface area contributed by atoms with Gasteiger partial charge in [0, 0.05) is 29.7 Å². The average Bonchev–Trinajstić information content (AvgIpc) is 3.29. The van der Waals surface area contributed by atoms with Crippen molar-refractivity contribution in [2.75, 3.05) is 20.3 Å². The highest BCUT2D eigenvalue weighted by Crippen LogP contribution is 2.23. The molecule has 1 atom stereocenters. The van der Waals surface area contributed by atoms with Crippen LogP contribution in [-0.2, 0) is 16.1 Å². The summed E-state index contributed by atoms with van der Waals surface area (Å²) in [6.07, 6.45) is 2.20. The molecule has 1 unspecified atom stereocenters. The number of esters is 1. The summed E-state index contributed by atoms with van der Waals surface area (Å²) >= 11 is 0. The molecule has 0 radical (unpaired) electrons. The van der Waals surface area contributed by atoms with Gasteiger partial charge >= 0.3 is 11.6 Å². The van der Waals surface area contributed by atoms with Gasteiger partial charge in [0.15, 0.2) is 0 Å².